The van der Waals surface area contributed by atoms with Crippen LogP contribution in [0.15, 0.2) is 40.8 Å². The fraction of sp³-hybridized carbons (Fsp3) is 0.214. The smallest absolute Gasteiger partial charge is 0.228 e. The first-order valence-corrected chi connectivity index (χ1v) is 6.17. The second-order valence-corrected chi connectivity index (χ2v) is 4.65. The van der Waals surface area contributed by atoms with Crippen molar-refractivity contribution in [1.82, 2.24) is 0 Å². The van der Waals surface area contributed by atoms with Crippen molar-refractivity contribution in [2.45, 2.75) is 18.9 Å². The van der Waals surface area contributed by atoms with Gasteiger partial charge in [-0.25, -0.2) is 0 Å². The van der Waals surface area contributed by atoms with Gasteiger partial charge in [0.15, 0.2) is 11.0 Å². The van der Waals surface area contributed by atoms with Crippen molar-refractivity contribution in [2.24, 2.45) is 0 Å². The Bertz CT molecular complexity index is 584. The lowest BCUT2D eigenvalue weighted by atomic mass is 10.1. The third-order valence-electron chi connectivity index (χ3n) is 2.72. The van der Waals surface area contributed by atoms with Gasteiger partial charge in [-0.15, -0.1) is 0 Å². The lowest BCUT2D eigenvalue weighted by Crippen LogP contribution is -2.01. The minimum Gasteiger partial charge on any atom is -0.490 e. The van der Waals surface area contributed by atoms with Gasteiger partial charge in [0.05, 0.1) is 6.10 Å². The average Bonchev–Trinajstić information content (AvgIpc) is 3.08. The van der Waals surface area contributed by atoms with Gasteiger partial charge in [0.1, 0.15) is 5.75 Å². The number of hydrogen-bond donors (Lipinski definition) is 0. The number of hydrogen-bond acceptors (Lipinski definition) is 3. The molecule has 1 aliphatic carbocycles. The average molecular weight is 263 g/mol. The number of ether oxygens (including phenoxy) is 1. The van der Waals surface area contributed by atoms with E-state index in [0.717, 1.165) is 18.6 Å². The SMILES string of the molecule is O=C(c1cccc(OC2CC2)c1)c1ccc(Cl)o1. The first-order valence-electron chi connectivity index (χ1n) is 5.79. The van der Waals surface area contributed by atoms with Gasteiger partial charge in [-0.2, -0.15) is 0 Å². The Kier molecular flexibility index (Phi) is 2.84. The number of benzene rings is 1. The van der Waals surface area contributed by atoms with E-state index in [1.165, 1.54) is 0 Å². The largest absolute Gasteiger partial charge is 0.490 e. The third-order valence-corrected chi connectivity index (χ3v) is 2.92. The Balaban J connectivity index is 1.84. The Morgan fingerprint density at radius 3 is 2.78 bits per heavy atom. The van der Waals surface area contributed by atoms with Crippen molar-refractivity contribution in [2.75, 3.05) is 0 Å². The highest BCUT2D eigenvalue weighted by atomic mass is 35.5. The fourth-order valence-corrected chi connectivity index (χ4v) is 1.81. The maximum Gasteiger partial charge on any atom is 0.228 e. The van der Waals surface area contributed by atoms with Crippen molar-refractivity contribution in [1.29, 1.82) is 0 Å². The van der Waals surface area contributed by atoms with Crippen LogP contribution in [0.3, 0.4) is 0 Å². The molecule has 1 heterocycles. The summed E-state index contributed by atoms with van der Waals surface area (Å²) in [6.07, 6.45) is 2.49. The van der Waals surface area contributed by atoms with Crippen LogP contribution in [0.25, 0.3) is 0 Å². The molecule has 18 heavy (non-hydrogen) atoms. The van der Waals surface area contributed by atoms with E-state index in [1.807, 2.05) is 6.07 Å². The molecular weight excluding hydrogens is 252 g/mol. The van der Waals surface area contributed by atoms with E-state index < -0.39 is 0 Å². The van der Waals surface area contributed by atoms with E-state index >= 15 is 0 Å². The van der Waals surface area contributed by atoms with E-state index in [9.17, 15) is 4.79 Å². The molecule has 0 radical (unpaired) electrons. The van der Waals surface area contributed by atoms with Gasteiger partial charge >= 0.3 is 0 Å². The van der Waals surface area contributed by atoms with E-state index in [1.54, 1.807) is 30.3 Å². The molecule has 0 unspecified atom stereocenters. The molecule has 0 atom stereocenters. The van der Waals surface area contributed by atoms with Crippen LogP contribution in [-0.4, -0.2) is 11.9 Å². The van der Waals surface area contributed by atoms with Crippen molar-refractivity contribution < 1.29 is 13.9 Å². The minimum absolute atomic E-state index is 0.192. The molecule has 0 N–H and O–H groups in total. The molecule has 1 saturated carbocycles. The molecule has 0 spiro atoms. The molecule has 3 rings (SSSR count). The zero-order valence-corrected chi connectivity index (χ0v) is 10.3. The zero-order chi connectivity index (χ0) is 12.5. The molecule has 0 amide bonds. The number of carbonyl (C=O) groups is 1. The summed E-state index contributed by atoms with van der Waals surface area (Å²) >= 11 is 5.66. The highest BCUT2D eigenvalue weighted by molar-refractivity contribution is 6.29. The van der Waals surface area contributed by atoms with Crippen LogP contribution in [-0.2, 0) is 0 Å². The first-order chi connectivity index (χ1) is 8.72. The number of rotatable bonds is 4. The molecule has 0 saturated heterocycles. The maximum atomic E-state index is 12.1. The van der Waals surface area contributed by atoms with Crippen LogP contribution in [0.2, 0.25) is 5.22 Å². The van der Waals surface area contributed by atoms with E-state index in [-0.39, 0.29) is 16.8 Å². The second-order valence-electron chi connectivity index (χ2n) is 4.28. The van der Waals surface area contributed by atoms with E-state index in [4.69, 9.17) is 20.8 Å². The molecule has 4 heteroatoms. The van der Waals surface area contributed by atoms with Crippen molar-refractivity contribution in [3.05, 3.63) is 52.9 Å². The standard InChI is InChI=1S/C14H11ClO3/c15-13-7-6-12(18-13)14(16)9-2-1-3-11(8-9)17-10-4-5-10/h1-3,6-8,10H,4-5H2. The van der Waals surface area contributed by atoms with Crippen molar-refractivity contribution in [3.63, 3.8) is 0 Å². The van der Waals surface area contributed by atoms with Gasteiger partial charge in [-0.3, -0.25) is 4.79 Å². The molecule has 2 aromatic rings. The Labute approximate surface area is 109 Å². The number of ketones is 1. The summed E-state index contributed by atoms with van der Waals surface area (Å²) in [5.41, 5.74) is 0.541. The first kappa shape index (κ1) is 11.4. The Morgan fingerprint density at radius 2 is 2.11 bits per heavy atom. The Morgan fingerprint density at radius 1 is 1.28 bits per heavy atom. The summed E-state index contributed by atoms with van der Waals surface area (Å²) in [4.78, 5) is 12.1. The maximum absolute atomic E-state index is 12.1. The van der Waals surface area contributed by atoms with Crippen LogP contribution in [0.4, 0.5) is 0 Å². The number of furan rings is 1. The van der Waals surface area contributed by atoms with Crippen LogP contribution >= 0.6 is 11.6 Å². The molecule has 0 bridgehead atoms. The highest BCUT2D eigenvalue weighted by Crippen LogP contribution is 2.27. The number of halogens is 1. The van der Waals surface area contributed by atoms with E-state index in [0.29, 0.717) is 11.7 Å². The number of carbonyl (C=O) groups excluding carboxylic acids is 1. The van der Waals surface area contributed by atoms with Crippen LogP contribution in [0.5, 0.6) is 5.75 Å². The van der Waals surface area contributed by atoms with Gasteiger partial charge in [0.25, 0.3) is 0 Å². The van der Waals surface area contributed by atoms with Crippen LogP contribution in [0.1, 0.15) is 29.0 Å². The third kappa shape index (κ3) is 2.41. The molecule has 1 aromatic carbocycles. The molecule has 1 aromatic heterocycles. The molecule has 1 aliphatic rings. The lowest BCUT2D eigenvalue weighted by Gasteiger charge is -2.05. The minimum atomic E-state index is -0.192. The van der Waals surface area contributed by atoms with Gasteiger partial charge in [-0.1, -0.05) is 12.1 Å². The zero-order valence-electron chi connectivity index (χ0n) is 9.56. The Hall–Kier alpha value is -1.74. The summed E-state index contributed by atoms with van der Waals surface area (Å²) in [7, 11) is 0. The van der Waals surface area contributed by atoms with Crippen LogP contribution in [0, 0.1) is 0 Å². The van der Waals surface area contributed by atoms with Crippen molar-refractivity contribution >= 4 is 17.4 Å². The fourth-order valence-electron chi connectivity index (χ4n) is 1.67. The lowest BCUT2D eigenvalue weighted by molar-refractivity contribution is 0.101. The normalized spacial score (nSPS) is 14.5. The summed E-state index contributed by atoms with van der Waals surface area (Å²) in [6.45, 7) is 0. The van der Waals surface area contributed by atoms with Crippen LogP contribution < -0.4 is 4.74 Å². The summed E-state index contributed by atoms with van der Waals surface area (Å²) in [6, 6.07) is 10.2. The molecular formula is C14H11ClO3. The van der Waals surface area contributed by atoms with Gasteiger partial charge in [-0.05, 0) is 48.7 Å². The van der Waals surface area contributed by atoms with Gasteiger partial charge < -0.3 is 9.15 Å². The molecule has 3 nitrogen and oxygen atoms in total. The topological polar surface area (TPSA) is 39.4 Å². The quantitative estimate of drug-likeness (QED) is 0.789. The molecule has 0 aliphatic heterocycles. The predicted molar refractivity (Wildman–Crippen MR) is 67.2 cm³/mol. The molecule has 92 valence electrons. The predicted octanol–water partition coefficient (Wildman–Crippen LogP) is 3.71. The van der Waals surface area contributed by atoms with Gasteiger partial charge in [0.2, 0.25) is 5.78 Å². The van der Waals surface area contributed by atoms with Gasteiger partial charge in [0, 0.05) is 5.56 Å². The monoisotopic (exact) mass is 262 g/mol. The summed E-state index contributed by atoms with van der Waals surface area (Å²) in [5.74, 6) is 0.771. The molecule has 1 fully saturated rings. The highest BCUT2D eigenvalue weighted by Gasteiger charge is 2.24. The van der Waals surface area contributed by atoms with E-state index in [2.05, 4.69) is 0 Å². The second kappa shape index (κ2) is 4.50. The summed E-state index contributed by atoms with van der Waals surface area (Å²) < 4.78 is 10.8. The summed E-state index contributed by atoms with van der Waals surface area (Å²) in [5, 5.41) is 0.212. The van der Waals surface area contributed by atoms with Crippen molar-refractivity contribution in [3.8, 4) is 5.75 Å².